The summed E-state index contributed by atoms with van der Waals surface area (Å²) in [6.07, 6.45) is 2.94. The number of rotatable bonds is 6. The molecular weight excluding hydrogens is 416 g/mol. The predicted octanol–water partition coefficient (Wildman–Crippen LogP) is 4.36. The predicted molar refractivity (Wildman–Crippen MR) is 122 cm³/mol. The molecular formula is C23H30N2O5S. The zero-order valence-electron chi connectivity index (χ0n) is 18.7. The van der Waals surface area contributed by atoms with Gasteiger partial charge < -0.3 is 14.4 Å². The van der Waals surface area contributed by atoms with Gasteiger partial charge in [-0.2, -0.15) is 0 Å². The molecule has 2 aliphatic heterocycles. The summed E-state index contributed by atoms with van der Waals surface area (Å²) in [7, 11) is 0. The molecule has 2 amide bonds. The topological polar surface area (TPSA) is 84.9 Å². The number of esters is 1. The quantitative estimate of drug-likeness (QED) is 0.513. The van der Waals surface area contributed by atoms with Crippen molar-refractivity contribution in [2.24, 2.45) is 5.92 Å². The molecule has 2 fully saturated rings. The number of ether oxygens (including phenoxy) is 2. The van der Waals surface area contributed by atoms with Gasteiger partial charge in [0.05, 0.1) is 23.1 Å². The van der Waals surface area contributed by atoms with Crippen LogP contribution in [0.5, 0.6) is 5.75 Å². The molecule has 1 atom stereocenters. The van der Waals surface area contributed by atoms with E-state index in [2.05, 4.69) is 10.2 Å². The number of benzene rings is 1. The van der Waals surface area contributed by atoms with Crippen LogP contribution in [-0.4, -0.2) is 41.9 Å². The van der Waals surface area contributed by atoms with E-state index in [0.29, 0.717) is 17.9 Å². The molecule has 1 N–H and O–H groups in total. The summed E-state index contributed by atoms with van der Waals surface area (Å²) in [6, 6.07) is 5.69. The van der Waals surface area contributed by atoms with Crippen LogP contribution in [-0.2, 0) is 14.3 Å². The molecule has 0 unspecified atom stereocenters. The highest BCUT2D eigenvalue weighted by atomic mass is 32.2. The first-order valence-corrected chi connectivity index (χ1v) is 11.3. The molecule has 2 heterocycles. The Kier molecular flexibility index (Phi) is 6.99. The van der Waals surface area contributed by atoms with Crippen molar-refractivity contribution in [1.82, 2.24) is 5.32 Å². The summed E-state index contributed by atoms with van der Waals surface area (Å²) in [5, 5.41) is 1.92. The lowest BCUT2D eigenvalue weighted by atomic mass is 10.0. The summed E-state index contributed by atoms with van der Waals surface area (Å²) < 4.78 is 11.5. The van der Waals surface area contributed by atoms with Crippen molar-refractivity contribution >= 4 is 40.6 Å². The van der Waals surface area contributed by atoms with Crippen LogP contribution < -0.4 is 15.0 Å². The average molecular weight is 447 g/mol. The summed E-state index contributed by atoms with van der Waals surface area (Å²) in [5.74, 6) is 0.316. The number of hydrogen-bond donors (Lipinski definition) is 1. The van der Waals surface area contributed by atoms with Crippen LogP contribution in [0.4, 0.5) is 10.5 Å². The van der Waals surface area contributed by atoms with Gasteiger partial charge in [0, 0.05) is 18.7 Å². The van der Waals surface area contributed by atoms with Crippen molar-refractivity contribution in [3.63, 3.8) is 0 Å². The summed E-state index contributed by atoms with van der Waals surface area (Å²) in [5.41, 5.74) is 1.19. The molecule has 0 aromatic heterocycles. The molecule has 0 spiro atoms. The van der Waals surface area contributed by atoms with Crippen molar-refractivity contribution in [2.45, 2.75) is 59.2 Å². The Labute approximate surface area is 187 Å². The Morgan fingerprint density at radius 3 is 2.68 bits per heavy atom. The molecule has 0 radical (unpaired) electrons. The van der Waals surface area contributed by atoms with Crippen LogP contribution in [0.25, 0.3) is 6.08 Å². The first kappa shape index (κ1) is 23.2. The number of para-hydroxylation sites is 1. The fraction of sp³-hybridized carbons (Fsp3) is 0.522. The fourth-order valence-electron chi connectivity index (χ4n) is 3.73. The fourth-order valence-corrected chi connectivity index (χ4v) is 4.40. The second-order valence-corrected chi connectivity index (χ2v) is 10.1. The maximum absolute atomic E-state index is 12.3. The Bertz CT molecular complexity index is 904. The highest BCUT2D eigenvalue weighted by Crippen LogP contribution is 2.39. The lowest BCUT2D eigenvalue weighted by molar-refractivity contribution is -0.155. The number of hydrogen-bond acceptors (Lipinski definition) is 7. The molecule has 3 rings (SSSR count). The van der Waals surface area contributed by atoms with Crippen LogP contribution in [0.3, 0.4) is 0 Å². The highest BCUT2D eigenvalue weighted by Gasteiger charge is 2.31. The SMILES string of the molecule is CC(C)Oc1cccc(/C=C2\SC(=O)NC2=O)c1N1CC[C@H](CC(=O)OC(C)(C)C)C1. The second-order valence-electron chi connectivity index (χ2n) is 9.10. The molecule has 0 bridgehead atoms. The van der Waals surface area contributed by atoms with Crippen molar-refractivity contribution in [3.8, 4) is 5.75 Å². The summed E-state index contributed by atoms with van der Waals surface area (Å²) in [6.45, 7) is 11.0. The van der Waals surface area contributed by atoms with Gasteiger partial charge in [-0.25, -0.2) is 0 Å². The average Bonchev–Trinajstić information content (AvgIpc) is 3.19. The zero-order valence-corrected chi connectivity index (χ0v) is 19.5. The number of carbonyl (C=O) groups is 3. The molecule has 0 saturated carbocycles. The smallest absolute Gasteiger partial charge is 0.306 e. The summed E-state index contributed by atoms with van der Waals surface area (Å²) in [4.78, 5) is 38.4. The van der Waals surface area contributed by atoms with Gasteiger partial charge in [-0.3, -0.25) is 19.7 Å². The van der Waals surface area contributed by atoms with E-state index in [0.717, 1.165) is 41.7 Å². The van der Waals surface area contributed by atoms with Crippen molar-refractivity contribution in [2.75, 3.05) is 18.0 Å². The monoisotopic (exact) mass is 446 g/mol. The van der Waals surface area contributed by atoms with Crippen molar-refractivity contribution in [1.29, 1.82) is 0 Å². The van der Waals surface area contributed by atoms with E-state index in [-0.39, 0.29) is 29.1 Å². The molecule has 1 aromatic carbocycles. The molecule has 7 nitrogen and oxygen atoms in total. The number of thioether (sulfide) groups is 1. The van der Waals surface area contributed by atoms with E-state index >= 15 is 0 Å². The van der Waals surface area contributed by atoms with Gasteiger partial charge >= 0.3 is 5.97 Å². The number of nitrogens with zero attached hydrogens (tertiary/aromatic N) is 1. The molecule has 31 heavy (non-hydrogen) atoms. The van der Waals surface area contributed by atoms with Crippen molar-refractivity contribution in [3.05, 3.63) is 28.7 Å². The number of amides is 2. The maximum atomic E-state index is 12.3. The normalized spacial score (nSPS) is 20.5. The van der Waals surface area contributed by atoms with Gasteiger partial charge in [0.25, 0.3) is 11.1 Å². The maximum Gasteiger partial charge on any atom is 0.306 e. The van der Waals surface area contributed by atoms with Crippen LogP contribution in [0, 0.1) is 5.92 Å². The van der Waals surface area contributed by atoms with E-state index in [4.69, 9.17) is 9.47 Å². The lowest BCUT2D eigenvalue weighted by Crippen LogP contribution is -2.26. The highest BCUT2D eigenvalue weighted by molar-refractivity contribution is 8.18. The van der Waals surface area contributed by atoms with Crippen molar-refractivity contribution < 1.29 is 23.9 Å². The molecule has 2 saturated heterocycles. The van der Waals surface area contributed by atoms with Gasteiger partial charge in [0.1, 0.15) is 11.4 Å². The number of imide groups is 1. The standard InChI is InChI=1S/C23H30N2O5S/c1-14(2)29-17-8-6-7-16(12-18-21(27)24-22(28)31-18)20(17)25-10-9-15(13-25)11-19(26)30-23(3,4)5/h6-8,12,14-15H,9-11,13H2,1-5H3,(H,24,27,28)/b18-12-/t15-/m1/s1. The van der Waals surface area contributed by atoms with E-state index in [9.17, 15) is 14.4 Å². The molecule has 2 aliphatic rings. The van der Waals surface area contributed by atoms with Gasteiger partial charge in [0.15, 0.2) is 0 Å². The van der Waals surface area contributed by atoms with Crippen LogP contribution in [0.2, 0.25) is 0 Å². The third-order valence-electron chi connectivity index (χ3n) is 4.80. The Hall–Kier alpha value is -2.48. The van der Waals surface area contributed by atoms with E-state index in [1.165, 1.54) is 0 Å². The summed E-state index contributed by atoms with van der Waals surface area (Å²) >= 11 is 0.895. The molecule has 1 aromatic rings. The minimum absolute atomic E-state index is 0.0208. The first-order chi connectivity index (χ1) is 14.5. The van der Waals surface area contributed by atoms with E-state index < -0.39 is 5.60 Å². The second kappa shape index (κ2) is 9.34. The van der Waals surface area contributed by atoms with Crippen LogP contribution in [0.1, 0.15) is 53.0 Å². The van der Waals surface area contributed by atoms with Gasteiger partial charge in [0.2, 0.25) is 0 Å². The molecule has 0 aliphatic carbocycles. The van der Waals surface area contributed by atoms with E-state index in [1.54, 1.807) is 6.08 Å². The minimum atomic E-state index is -0.497. The van der Waals surface area contributed by atoms with Gasteiger partial charge in [-0.05, 0) is 70.9 Å². The third-order valence-corrected chi connectivity index (χ3v) is 5.61. The first-order valence-electron chi connectivity index (χ1n) is 10.5. The number of nitrogens with one attached hydrogen (secondary N) is 1. The Morgan fingerprint density at radius 1 is 1.32 bits per heavy atom. The molecule has 8 heteroatoms. The van der Waals surface area contributed by atoms with Crippen LogP contribution >= 0.6 is 11.8 Å². The van der Waals surface area contributed by atoms with E-state index in [1.807, 2.05) is 52.8 Å². The zero-order chi connectivity index (χ0) is 22.8. The van der Waals surface area contributed by atoms with Gasteiger partial charge in [-0.15, -0.1) is 0 Å². The number of anilines is 1. The Balaban J connectivity index is 1.85. The molecule has 168 valence electrons. The minimum Gasteiger partial charge on any atom is -0.489 e. The van der Waals surface area contributed by atoms with Gasteiger partial charge in [-0.1, -0.05) is 12.1 Å². The Morgan fingerprint density at radius 2 is 2.06 bits per heavy atom. The number of carbonyl (C=O) groups excluding carboxylic acids is 3. The third kappa shape index (κ3) is 6.26. The largest absolute Gasteiger partial charge is 0.489 e. The van der Waals surface area contributed by atoms with Crippen LogP contribution in [0.15, 0.2) is 23.1 Å². The lowest BCUT2D eigenvalue weighted by Gasteiger charge is -2.25.